The van der Waals surface area contributed by atoms with Crippen LogP contribution in [0.2, 0.25) is 0 Å². The maximum Gasteiger partial charge on any atom is 0.242 e. The zero-order chi connectivity index (χ0) is 30.9. The van der Waals surface area contributed by atoms with Crippen molar-refractivity contribution in [2.75, 3.05) is 38.7 Å². The van der Waals surface area contributed by atoms with Gasteiger partial charge >= 0.3 is 0 Å². The Bertz CT molecular complexity index is 1360. The van der Waals surface area contributed by atoms with Gasteiger partial charge in [0.2, 0.25) is 23.0 Å². The predicted octanol–water partition coefficient (Wildman–Crippen LogP) is 5.24. The smallest absolute Gasteiger partial charge is 0.242 e. The van der Waals surface area contributed by atoms with Crippen LogP contribution in [0.1, 0.15) is 75.5 Å². The molecule has 0 aromatic heterocycles. The summed E-state index contributed by atoms with van der Waals surface area (Å²) in [4.78, 5) is 39.6. The molecule has 4 rings (SSSR count). The van der Waals surface area contributed by atoms with Gasteiger partial charge in [0.05, 0.1) is 33.1 Å². The minimum Gasteiger partial charge on any atom is -0.493 e. The summed E-state index contributed by atoms with van der Waals surface area (Å²) in [6.07, 6.45) is 10.4. The highest BCUT2D eigenvalue weighted by Gasteiger charge is 2.30. The van der Waals surface area contributed by atoms with E-state index in [1.807, 2.05) is 18.4 Å². The predicted molar refractivity (Wildman–Crippen MR) is 173 cm³/mol. The quantitative estimate of drug-likeness (QED) is 0.296. The fourth-order valence-corrected chi connectivity index (χ4v) is 6.72. The van der Waals surface area contributed by atoms with Gasteiger partial charge < -0.3 is 30.2 Å². The molecule has 0 radical (unpaired) electrons. The van der Waals surface area contributed by atoms with E-state index in [0.717, 1.165) is 48.1 Å². The summed E-state index contributed by atoms with van der Waals surface area (Å²) in [7, 11) is 4.71. The largest absolute Gasteiger partial charge is 0.493 e. The summed E-state index contributed by atoms with van der Waals surface area (Å²) in [5.74, 6) is 2.00. The van der Waals surface area contributed by atoms with Crippen LogP contribution in [0.4, 0.5) is 5.69 Å². The van der Waals surface area contributed by atoms with E-state index in [1.165, 1.54) is 19.8 Å². The van der Waals surface area contributed by atoms with Gasteiger partial charge in [0.1, 0.15) is 6.04 Å². The van der Waals surface area contributed by atoms with Crippen LogP contribution in [0.3, 0.4) is 0 Å². The Kier molecular flexibility index (Phi) is 11.6. The molecule has 0 heterocycles. The molecular weight excluding hydrogens is 566 g/mol. The Morgan fingerprint density at radius 3 is 2.30 bits per heavy atom. The molecule has 3 N–H and O–H groups in total. The standard InChI is InChI=1S/C33H45N3O6S/c1-20(37)34-25-14-12-21-18-29(40-2)31(41-3)32(42-4)30(21)23-13-15-26(28(38)19-24(23)25)36-27(16-17-43-5)33(39)35-22-10-8-6-7-9-11-22/h13,15,18-19,22,25,27H,6-12,14,16-17H2,1-5H3,(H,34,37)(H,35,39)(H,36,38)/t25-,27+/m1/s1. The highest BCUT2D eigenvalue weighted by atomic mass is 32.2. The molecule has 0 saturated heterocycles. The summed E-state index contributed by atoms with van der Waals surface area (Å²) in [5, 5.41) is 9.59. The molecule has 10 heteroatoms. The van der Waals surface area contributed by atoms with Gasteiger partial charge in [0.25, 0.3) is 0 Å². The van der Waals surface area contributed by atoms with Crippen LogP contribution >= 0.6 is 11.8 Å². The van der Waals surface area contributed by atoms with Crippen molar-refractivity contribution >= 4 is 29.3 Å². The average molecular weight is 612 g/mol. The van der Waals surface area contributed by atoms with E-state index in [-0.39, 0.29) is 23.3 Å². The summed E-state index contributed by atoms with van der Waals surface area (Å²) < 4.78 is 17.2. The lowest BCUT2D eigenvalue weighted by atomic mass is 9.95. The average Bonchev–Trinajstić information content (AvgIpc) is 3.40. The van der Waals surface area contributed by atoms with E-state index < -0.39 is 12.1 Å². The SMILES string of the molecule is COc1cc2c(c(OC)c1OC)-c1ccc(N[C@@H](CCSC)C(=O)NC3CCCCCC3)c(=O)cc1[C@H](NC(C)=O)CC2. The van der Waals surface area contributed by atoms with Crippen molar-refractivity contribution in [3.8, 4) is 28.4 Å². The van der Waals surface area contributed by atoms with Gasteiger partial charge in [-0.25, -0.2) is 0 Å². The number of amides is 2. The van der Waals surface area contributed by atoms with E-state index in [9.17, 15) is 14.4 Å². The van der Waals surface area contributed by atoms with Crippen molar-refractivity contribution in [3.63, 3.8) is 0 Å². The first-order valence-corrected chi connectivity index (χ1v) is 16.5. The molecule has 2 aliphatic rings. The summed E-state index contributed by atoms with van der Waals surface area (Å²) >= 11 is 1.67. The normalized spacial score (nSPS) is 17.3. The Labute approximate surface area is 258 Å². The number of fused-ring (bicyclic) bond motifs is 3. The Balaban J connectivity index is 1.80. The molecule has 2 aromatic rings. The maximum absolute atomic E-state index is 13.8. The first-order valence-electron chi connectivity index (χ1n) is 15.1. The molecule has 2 aliphatic carbocycles. The van der Waals surface area contributed by atoms with Crippen LogP contribution in [0.15, 0.2) is 29.1 Å². The van der Waals surface area contributed by atoms with Crippen LogP contribution in [0, 0.1) is 0 Å². The molecule has 0 unspecified atom stereocenters. The Hall–Kier alpha value is -3.40. The van der Waals surface area contributed by atoms with Gasteiger partial charge in [-0.2, -0.15) is 11.8 Å². The molecule has 2 amide bonds. The highest BCUT2D eigenvalue weighted by Crippen LogP contribution is 2.50. The lowest BCUT2D eigenvalue weighted by molar-refractivity contribution is -0.122. The van der Waals surface area contributed by atoms with Crippen molar-refractivity contribution in [2.24, 2.45) is 0 Å². The second-order valence-corrected chi connectivity index (χ2v) is 12.3. The minimum absolute atomic E-state index is 0.0756. The van der Waals surface area contributed by atoms with Crippen molar-refractivity contribution < 1.29 is 23.8 Å². The van der Waals surface area contributed by atoms with Gasteiger partial charge in [-0.3, -0.25) is 14.4 Å². The van der Waals surface area contributed by atoms with Gasteiger partial charge in [0, 0.05) is 18.5 Å². The second-order valence-electron chi connectivity index (χ2n) is 11.3. The summed E-state index contributed by atoms with van der Waals surface area (Å²) in [5.41, 5.74) is 3.25. The number of carbonyl (C=O) groups is 2. The van der Waals surface area contributed by atoms with E-state index >= 15 is 0 Å². The number of anilines is 1. The molecule has 0 aliphatic heterocycles. The van der Waals surface area contributed by atoms with Crippen molar-refractivity contribution in [3.05, 3.63) is 45.6 Å². The summed E-state index contributed by atoms with van der Waals surface area (Å²) in [6.45, 7) is 1.47. The molecule has 2 atom stereocenters. The van der Waals surface area contributed by atoms with E-state index in [4.69, 9.17) is 14.2 Å². The molecule has 43 heavy (non-hydrogen) atoms. The first-order chi connectivity index (χ1) is 20.8. The van der Waals surface area contributed by atoms with Gasteiger partial charge in [-0.15, -0.1) is 0 Å². The number of benzene rings is 1. The second kappa shape index (κ2) is 15.4. The number of hydrogen-bond acceptors (Lipinski definition) is 8. The fourth-order valence-electron chi connectivity index (χ4n) is 6.24. The molecule has 9 nitrogen and oxygen atoms in total. The number of methoxy groups -OCH3 is 3. The monoisotopic (exact) mass is 611 g/mol. The van der Waals surface area contributed by atoms with Crippen LogP contribution in [-0.4, -0.2) is 57.2 Å². The number of ether oxygens (including phenoxy) is 3. The third-order valence-corrected chi connectivity index (χ3v) is 9.02. The topological polar surface area (TPSA) is 115 Å². The van der Waals surface area contributed by atoms with E-state index in [2.05, 4.69) is 16.0 Å². The summed E-state index contributed by atoms with van der Waals surface area (Å²) in [6, 6.07) is 6.33. The molecule has 0 bridgehead atoms. The van der Waals surface area contributed by atoms with Crippen LogP contribution < -0.4 is 35.6 Å². The van der Waals surface area contributed by atoms with E-state index in [1.54, 1.807) is 45.2 Å². The number of nitrogens with one attached hydrogen (secondary N) is 3. The molecule has 0 spiro atoms. The van der Waals surface area contributed by atoms with Crippen molar-refractivity contribution in [1.29, 1.82) is 0 Å². The lowest BCUT2D eigenvalue weighted by Gasteiger charge is -2.23. The minimum atomic E-state index is -0.553. The van der Waals surface area contributed by atoms with Crippen LogP contribution in [0.25, 0.3) is 11.1 Å². The zero-order valence-electron chi connectivity index (χ0n) is 26.0. The lowest BCUT2D eigenvalue weighted by Crippen LogP contribution is -2.45. The van der Waals surface area contributed by atoms with E-state index in [0.29, 0.717) is 47.8 Å². The van der Waals surface area contributed by atoms with Gasteiger partial charge in [-0.05, 0) is 79.0 Å². The van der Waals surface area contributed by atoms with Gasteiger partial charge in [0.15, 0.2) is 11.5 Å². The molecule has 1 fully saturated rings. The van der Waals surface area contributed by atoms with Crippen molar-refractivity contribution in [2.45, 2.75) is 82.8 Å². The number of carbonyl (C=O) groups excluding carboxylic acids is 2. The molecule has 234 valence electrons. The zero-order valence-corrected chi connectivity index (χ0v) is 26.8. The number of hydrogen-bond donors (Lipinski definition) is 3. The molecular formula is C33H45N3O6S. The number of thioether (sulfide) groups is 1. The number of rotatable bonds is 11. The highest BCUT2D eigenvalue weighted by molar-refractivity contribution is 7.98. The Morgan fingerprint density at radius 1 is 0.953 bits per heavy atom. The first kappa shape index (κ1) is 32.5. The molecule has 1 saturated carbocycles. The van der Waals surface area contributed by atoms with Crippen LogP contribution in [-0.2, 0) is 16.0 Å². The number of aryl methyl sites for hydroxylation is 1. The third kappa shape index (κ3) is 7.77. The Morgan fingerprint density at radius 2 is 1.67 bits per heavy atom. The fraction of sp³-hybridized carbons (Fsp3) is 0.545. The third-order valence-electron chi connectivity index (χ3n) is 8.37. The maximum atomic E-state index is 13.8. The van der Waals surface area contributed by atoms with Crippen molar-refractivity contribution in [1.82, 2.24) is 10.6 Å². The molecule has 2 aromatic carbocycles. The van der Waals surface area contributed by atoms with Crippen LogP contribution in [0.5, 0.6) is 17.2 Å². The van der Waals surface area contributed by atoms with Gasteiger partial charge in [-0.1, -0.05) is 31.7 Å².